The van der Waals surface area contributed by atoms with Crippen molar-refractivity contribution in [3.8, 4) is 6.07 Å². The van der Waals surface area contributed by atoms with Gasteiger partial charge in [-0.3, -0.25) is 14.8 Å². The topological polar surface area (TPSA) is 92.3 Å². The molecule has 3 heterocycles. The highest BCUT2D eigenvalue weighted by molar-refractivity contribution is 6.43. The number of nitrogens with zero attached hydrogens (tertiary/aromatic N) is 5. The van der Waals surface area contributed by atoms with Crippen molar-refractivity contribution in [2.75, 3.05) is 18.1 Å². The number of hydrazone groups is 1. The molecule has 1 N–H and O–H groups in total. The molecule has 8 heteroatoms. The number of amides is 1. The molecule has 1 amide bonds. The number of aliphatic hydroxyl groups is 1. The fourth-order valence-electron chi connectivity index (χ4n) is 6.91. The standard InChI is InChI=1S/C28H32ClN5O2/c29-23-15-19(6-5-18(23)16-30)34-27(17-3-1-2-4-17)22-8-9-24-21(26(22)32-34)7-10-25(31-24)28(36)33-13-11-20(35)12-14-33/h5-7,10,15,17,20-22,24,27,35H,1-4,8-9,11-14H2/t21?,22-,24?,27-/m0/s1. The zero-order valence-corrected chi connectivity index (χ0v) is 21.1. The predicted octanol–water partition coefficient (Wildman–Crippen LogP) is 4.34. The molecule has 5 aliphatic rings. The van der Waals surface area contributed by atoms with E-state index in [1.165, 1.54) is 31.4 Å². The summed E-state index contributed by atoms with van der Waals surface area (Å²) >= 11 is 6.42. The van der Waals surface area contributed by atoms with Gasteiger partial charge in [0.05, 0.1) is 40.2 Å². The highest BCUT2D eigenvalue weighted by Crippen LogP contribution is 2.47. The Labute approximate surface area is 217 Å². The van der Waals surface area contributed by atoms with Gasteiger partial charge >= 0.3 is 0 Å². The van der Waals surface area contributed by atoms with Crippen LogP contribution in [-0.4, -0.2) is 58.6 Å². The molecule has 1 aromatic rings. The first-order valence-corrected chi connectivity index (χ1v) is 13.7. The third kappa shape index (κ3) is 4.14. The molecule has 1 aromatic carbocycles. The lowest BCUT2D eigenvalue weighted by molar-refractivity contribution is -0.125. The smallest absolute Gasteiger partial charge is 0.271 e. The first kappa shape index (κ1) is 23.7. The summed E-state index contributed by atoms with van der Waals surface area (Å²) in [7, 11) is 0. The summed E-state index contributed by atoms with van der Waals surface area (Å²) in [6.45, 7) is 1.17. The number of carbonyl (C=O) groups is 1. The highest BCUT2D eigenvalue weighted by Gasteiger charge is 2.49. The van der Waals surface area contributed by atoms with Crippen LogP contribution in [0.1, 0.15) is 56.9 Å². The zero-order chi connectivity index (χ0) is 24.8. The van der Waals surface area contributed by atoms with Gasteiger partial charge in [0.2, 0.25) is 0 Å². The van der Waals surface area contributed by atoms with Crippen molar-refractivity contribution in [1.29, 1.82) is 5.26 Å². The van der Waals surface area contributed by atoms with Gasteiger partial charge in [0.15, 0.2) is 0 Å². The Balaban J connectivity index is 1.27. The summed E-state index contributed by atoms with van der Waals surface area (Å²) in [5, 5.41) is 27.0. The molecule has 0 bridgehead atoms. The SMILES string of the molecule is N#Cc1ccc(N2N=C3C4C=CC(C(=O)N5CCC(O)CC5)=NC4CC[C@@H]3[C@@H]2C2CCCC2)cc1Cl. The van der Waals surface area contributed by atoms with E-state index in [-0.39, 0.29) is 24.0 Å². The van der Waals surface area contributed by atoms with Crippen LogP contribution in [0.2, 0.25) is 5.02 Å². The Morgan fingerprint density at radius 1 is 1.11 bits per heavy atom. The predicted molar refractivity (Wildman–Crippen MR) is 140 cm³/mol. The Kier molecular flexibility index (Phi) is 6.35. The van der Waals surface area contributed by atoms with E-state index in [1.54, 1.807) is 6.07 Å². The van der Waals surface area contributed by atoms with Crippen LogP contribution in [0.5, 0.6) is 0 Å². The second kappa shape index (κ2) is 9.64. The highest BCUT2D eigenvalue weighted by atomic mass is 35.5. The minimum atomic E-state index is -0.306. The summed E-state index contributed by atoms with van der Waals surface area (Å²) in [5.41, 5.74) is 3.14. The van der Waals surface area contributed by atoms with Gasteiger partial charge in [-0.15, -0.1) is 0 Å². The van der Waals surface area contributed by atoms with E-state index in [4.69, 9.17) is 21.7 Å². The molecule has 4 atom stereocenters. The number of piperidine rings is 1. The number of anilines is 1. The molecule has 0 radical (unpaired) electrons. The molecule has 3 fully saturated rings. The molecule has 7 nitrogen and oxygen atoms in total. The van der Waals surface area contributed by atoms with Crippen LogP contribution >= 0.6 is 11.6 Å². The number of dihydropyridines is 1. The van der Waals surface area contributed by atoms with Crippen LogP contribution in [-0.2, 0) is 4.79 Å². The number of aliphatic imine (C=N–C) groups is 1. The van der Waals surface area contributed by atoms with Gasteiger partial charge < -0.3 is 10.0 Å². The Morgan fingerprint density at radius 3 is 2.61 bits per heavy atom. The molecule has 2 unspecified atom stereocenters. The van der Waals surface area contributed by atoms with E-state index in [1.807, 2.05) is 23.1 Å². The lowest BCUT2D eigenvalue weighted by Gasteiger charge is -2.38. The minimum absolute atomic E-state index is 0.0234. The number of carbonyl (C=O) groups excluding carboxylic acids is 1. The van der Waals surface area contributed by atoms with Gasteiger partial charge in [-0.1, -0.05) is 30.5 Å². The molecular formula is C28H32ClN5O2. The van der Waals surface area contributed by atoms with Crippen LogP contribution in [0, 0.1) is 29.1 Å². The summed E-state index contributed by atoms with van der Waals surface area (Å²) in [4.78, 5) is 19.9. The molecule has 3 aliphatic heterocycles. The van der Waals surface area contributed by atoms with Crippen molar-refractivity contribution in [1.82, 2.24) is 4.90 Å². The number of halogens is 1. The maximum atomic E-state index is 13.1. The molecule has 188 valence electrons. The van der Waals surface area contributed by atoms with Crippen LogP contribution < -0.4 is 5.01 Å². The first-order chi connectivity index (χ1) is 17.5. The van der Waals surface area contributed by atoms with Gasteiger partial charge in [-0.05, 0) is 68.7 Å². The van der Waals surface area contributed by atoms with Gasteiger partial charge in [0.25, 0.3) is 5.91 Å². The summed E-state index contributed by atoms with van der Waals surface area (Å²) in [5.74, 6) is 1.03. The first-order valence-electron chi connectivity index (χ1n) is 13.3. The second-order valence-corrected chi connectivity index (χ2v) is 11.3. The number of benzene rings is 1. The number of hydrogen-bond acceptors (Lipinski definition) is 6. The Bertz CT molecular complexity index is 1170. The molecule has 0 spiro atoms. The molecular weight excluding hydrogens is 474 g/mol. The van der Waals surface area contributed by atoms with E-state index in [9.17, 15) is 15.2 Å². The lowest BCUT2D eigenvalue weighted by atomic mass is 9.70. The number of fused-ring (bicyclic) bond motifs is 3. The maximum Gasteiger partial charge on any atom is 0.271 e. The van der Waals surface area contributed by atoms with E-state index in [0.717, 1.165) is 18.5 Å². The summed E-state index contributed by atoms with van der Waals surface area (Å²) < 4.78 is 0. The number of likely N-dealkylation sites (tertiary alicyclic amines) is 1. The van der Waals surface area contributed by atoms with Crippen LogP contribution in [0.4, 0.5) is 5.69 Å². The number of rotatable bonds is 3. The molecule has 1 saturated heterocycles. The third-order valence-electron chi connectivity index (χ3n) is 8.78. The fourth-order valence-corrected chi connectivity index (χ4v) is 7.13. The number of nitriles is 1. The van der Waals surface area contributed by atoms with E-state index in [0.29, 0.717) is 60.1 Å². The third-order valence-corrected chi connectivity index (χ3v) is 9.10. The monoisotopic (exact) mass is 505 g/mol. The van der Waals surface area contributed by atoms with Crippen molar-refractivity contribution in [2.45, 2.75) is 69.6 Å². The zero-order valence-electron chi connectivity index (χ0n) is 20.4. The average molecular weight is 506 g/mol. The van der Waals surface area contributed by atoms with Crippen molar-refractivity contribution >= 4 is 34.6 Å². The minimum Gasteiger partial charge on any atom is -0.393 e. The molecule has 0 aromatic heterocycles. The van der Waals surface area contributed by atoms with Gasteiger partial charge in [-0.2, -0.15) is 10.4 Å². The Morgan fingerprint density at radius 2 is 1.89 bits per heavy atom. The van der Waals surface area contributed by atoms with Crippen molar-refractivity contribution in [2.24, 2.45) is 27.8 Å². The molecule has 6 rings (SSSR count). The van der Waals surface area contributed by atoms with Crippen LogP contribution in [0.25, 0.3) is 0 Å². The van der Waals surface area contributed by atoms with Gasteiger partial charge in [-0.25, -0.2) is 0 Å². The van der Waals surface area contributed by atoms with Crippen molar-refractivity contribution in [3.05, 3.63) is 40.9 Å². The normalized spacial score (nSPS) is 30.5. The van der Waals surface area contributed by atoms with Crippen LogP contribution in [0.15, 0.2) is 40.4 Å². The van der Waals surface area contributed by atoms with Crippen LogP contribution in [0.3, 0.4) is 0 Å². The van der Waals surface area contributed by atoms with Gasteiger partial charge in [0.1, 0.15) is 11.8 Å². The van der Waals surface area contributed by atoms with E-state index in [2.05, 4.69) is 17.2 Å². The summed E-state index contributed by atoms with van der Waals surface area (Å²) in [6, 6.07) is 8.12. The molecule has 2 saturated carbocycles. The summed E-state index contributed by atoms with van der Waals surface area (Å²) in [6.07, 6.45) is 11.9. The van der Waals surface area contributed by atoms with E-state index < -0.39 is 0 Å². The van der Waals surface area contributed by atoms with Crippen molar-refractivity contribution < 1.29 is 9.90 Å². The van der Waals surface area contributed by atoms with E-state index >= 15 is 0 Å². The average Bonchev–Trinajstić information content (AvgIpc) is 3.56. The Hall–Kier alpha value is -2.69. The number of hydrogen-bond donors (Lipinski definition) is 1. The molecule has 36 heavy (non-hydrogen) atoms. The van der Waals surface area contributed by atoms with Gasteiger partial charge in [0, 0.05) is 24.9 Å². The lowest BCUT2D eigenvalue weighted by Crippen LogP contribution is -2.46. The maximum absolute atomic E-state index is 13.1. The fraction of sp³-hybridized carbons (Fsp3) is 0.571. The van der Waals surface area contributed by atoms with Crippen molar-refractivity contribution in [3.63, 3.8) is 0 Å². The molecule has 2 aliphatic carbocycles. The quantitative estimate of drug-likeness (QED) is 0.661. The largest absolute Gasteiger partial charge is 0.393 e. The number of aliphatic hydroxyl groups excluding tert-OH is 1. The second-order valence-electron chi connectivity index (χ2n) is 10.9.